The highest BCUT2D eigenvalue weighted by atomic mass is 16.2. The van der Waals surface area contributed by atoms with E-state index in [0.717, 1.165) is 24.9 Å². The first-order valence-electron chi connectivity index (χ1n) is 12.7. The average Bonchev–Trinajstić information content (AvgIpc) is 3.51. The molecule has 1 aliphatic heterocycles. The number of benzene rings is 2. The van der Waals surface area contributed by atoms with E-state index < -0.39 is 0 Å². The van der Waals surface area contributed by atoms with E-state index in [-0.39, 0.29) is 23.8 Å². The number of hydrogen-bond donors (Lipinski definition) is 0. The normalized spacial score (nSPS) is 14.8. The number of pyridine rings is 1. The van der Waals surface area contributed by atoms with Crippen LogP contribution in [0.2, 0.25) is 0 Å². The zero-order valence-corrected chi connectivity index (χ0v) is 21.0. The van der Waals surface area contributed by atoms with E-state index in [1.807, 2.05) is 82.2 Å². The lowest BCUT2D eigenvalue weighted by Crippen LogP contribution is -2.48. The Hall–Kier alpha value is -4.26. The van der Waals surface area contributed by atoms with Crippen LogP contribution in [0.4, 0.5) is 0 Å². The molecule has 0 radical (unpaired) electrons. The van der Waals surface area contributed by atoms with Crippen LogP contribution in [0.25, 0.3) is 5.69 Å². The van der Waals surface area contributed by atoms with E-state index in [1.165, 1.54) is 5.56 Å². The highest BCUT2D eigenvalue weighted by Crippen LogP contribution is 2.28. The van der Waals surface area contributed by atoms with Crippen LogP contribution in [0, 0.1) is 5.92 Å². The largest absolute Gasteiger partial charge is 0.339 e. The molecule has 0 bridgehead atoms. The van der Waals surface area contributed by atoms with E-state index in [1.54, 1.807) is 24.8 Å². The van der Waals surface area contributed by atoms with Gasteiger partial charge in [-0.1, -0.05) is 36.4 Å². The first-order valence-corrected chi connectivity index (χ1v) is 12.7. The molecule has 7 nitrogen and oxygen atoms in total. The second-order valence-electron chi connectivity index (χ2n) is 9.53. The molecular weight excluding hydrogens is 462 g/mol. The lowest BCUT2D eigenvalue weighted by molar-refractivity contribution is 0.0519. The maximum absolute atomic E-state index is 13.3. The van der Waals surface area contributed by atoms with Crippen LogP contribution in [-0.2, 0) is 6.42 Å². The molecular formula is C30H31N5O2. The van der Waals surface area contributed by atoms with Crippen molar-refractivity contribution in [1.29, 1.82) is 0 Å². The van der Waals surface area contributed by atoms with Crippen molar-refractivity contribution >= 4 is 11.8 Å². The van der Waals surface area contributed by atoms with Crippen molar-refractivity contribution in [2.24, 2.45) is 5.92 Å². The highest BCUT2D eigenvalue weighted by Gasteiger charge is 2.33. The van der Waals surface area contributed by atoms with Gasteiger partial charge in [-0.3, -0.25) is 14.6 Å². The topological polar surface area (TPSA) is 71.3 Å². The number of rotatable bonds is 7. The third kappa shape index (κ3) is 5.61. The van der Waals surface area contributed by atoms with Gasteiger partial charge in [0.2, 0.25) is 0 Å². The third-order valence-electron chi connectivity index (χ3n) is 7.28. The first-order chi connectivity index (χ1) is 18.1. The molecule has 37 heavy (non-hydrogen) atoms. The summed E-state index contributed by atoms with van der Waals surface area (Å²) in [6, 6.07) is 23.4. The fourth-order valence-corrected chi connectivity index (χ4v) is 5.15. The van der Waals surface area contributed by atoms with Crippen molar-refractivity contribution in [2.75, 3.05) is 20.1 Å². The van der Waals surface area contributed by atoms with E-state index >= 15 is 0 Å². The van der Waals surface area contributed by atoms with Crippen LogP contribution >= 0.6 is 0 Å². The number of aromatic nitrogens is 3. The minimum Gasteiger partial charge on any atom is -0.339 e. The molecule has 1 unspecified atom stereocenters. The van der Waals surface area contributed by atoms with Gasteiger partial charge >= 0.3 is 0 Å². The van der Waals surface area contributed by atoms with Gasteiger partial charge in [0.1, 0.15) is 5.69 Å². The second kappa shape index (κ2) is 11.2. The van der Waals surface area contributed by atoms with Crippen LogP contribution in [0.3, 0.4) is 0 Å². The molecule has 1 fully saturated rings. The smallest absolute Gasteiger partial charge is 0.272 e. The van der Waals surface area contributed by atoms with Crippen molar-refractivity contribution in [3.63, 3.8) is 0 Å². The molecule has 2 amide bonds. The van der Waals surface area contributed by atoms with Gasteiger partial charge in [0.15, 0.2) is 0 Å². The van der Waals surface area contributed by atoms with Gasteiger partial charge in [-0.2, -0.15) is 0 Å². The maximum Gasteiger partial charge on any atom is 0.272 e. The number of piperidine rings is 1. The number of likely N-dealkylation sites (N-methyl/N-ethyl adjacent to an activating group) is 1. The molecule has 1 atom stereocenters. The molecule has 1 saturated heterocycles. The predicted octanol–water partition coefficient (Wildman–Crippen LogP) is 4.50. The second-order valence-corrected chi connectivity index (χ2v) is 9.53. The maximum atomic E-state index is 13.3. The zero-order valence-electron chi connectivity index (χ0n) is 21.0. The SMILES string of the molecule is CN(C(=O)c1ccccn1)C(Cc1ccccc1)C1CCN(C(=O)c2ccc(-n3ccnc3)cc2)CC1. The minimum atomic E-state index is -0.0713. The Morgan fingerprint density at radius 1 is 0.946 bits per heavy atom. The van der Waals surface area contributed by atoms with Crippen molar-refractivity contribution in [3.05, 3.63) is 115 Å². The van der Waals surface area contributed by atoms with Gasteiger partial charge < -0.3 is 14.4 Å². The summed E-state index contributed by atoms with van der Waals surface area (Å²) in [6.07, 6.45) is 9.46. The zero-order chi connectivity index (χ0) is 25.6. The Morgan fingerprint density at radius 2 is 1.68 bits per heavy atom. The van der Waals surface area contributed by atoms with Gasteiger partial charge in [-0.05, 0) is 67.1 Å². The minimum absolute atomic E-state index is 0.0172. The fraction of sp³-hybridized carbons (Fsp3) is 0.267. The van der Waals surface area contributed by atoms with Crippen molar-refractivity contribution in [2.45, 2.75) is 25.3 Å². The number of carbonyl (C=O) groups is 2. The molecule has 5 rings (SSSR count). The average molecular weight is 494 g/mol. The summed E-state index contributed by atoms with van der Waals surface area (Å²) in [5, 5.41) is 0. The summed E-state index contributed by atoms with van der Waals surface area (Å²) in [6.45, 7) is 1.34. The van der Waals surface area contributed by atoms with Crippen LogP contribution in [-0.4, -0.2) is 62.3 Å². The molecule has 0 N–H and O–H groups in total. The first kappa shape index (κ1) is 24.4. The number of nitrogens with zero attached hydrogens (tertiary/aromatic N) is 5. The Kier molecular flexibility index (Phi) is 7.40. The quantitative estimate of drug-likeness (QED) is 0.380. The molecule has 4 aromatic rings. The monoisotopic (exact) mass is 493 g/mol. The van der Waals surface area contributed by atoms with Crippen LogP contribution in [0.5, 0.6) is 0 Å². The van der Waals surface area contributed by atoms with Gasteiger partial charge in [0.05, 0.1) is 6.33 Å². The number of imidazole rings is 1. The molecule has 188 valence electrons. The van der Waals surface area contributed by atoms with Crippen LogP contribution in [0.15, 0.2) is 97.7 Å². The van der Waals surface area contributed by atoms with Crippen LogP contribution < -0.4 is 0 Å². The summed E-state index contributed by atoms with van der Waals surface area (Å²) in [4.78, 5) is 38.6. The summed E-state index contributed by atoms with van der Waals surface area (Å²) in [5.74, 6) is 0.261. The van der Waals surface area contributed by atoms with Gasteiger partial charge in [0.25, 0.3) is 11.8 Å². The van der Waals surface area contributed by atoms with E-state index in [2.05, 4.69) is 22.1 Å². The lowest BCUT2D eigenvalue weighted by atomic mass is 9.84. The molecule has 2 aromatic carbocycles. The summed E-state index contributed by atoms with van der Waals surface area (Å²) in [7, 11) is 1.88. The molecule has 1 aliphatic rings. The van der Waals surface area contributed by atoms with E-state index in [9.17, 15) is 9.59 Å². The molecule has 7 heteroatoms. The summed E-state index contributed by atoms with van der Waals surface area (Å²) in [5.41, 5.74) is 3.31. The van der Waals surface area contributed by atoms with Gasteiger partial charge in [0, 0.05) is 56.0 Å². The Bertz CT molecular complexity index is 1300. The van der Waals surface area contributed by atoms with E-state index in [0.29, 0.717) is 24.3 Å². The Labute approximate surface area is 217 Å². The molecule has 0 spiro atoms. The standard InChI is InChI=1S/C30H31N5O2/c1-33(30(37)27-9-5-6-16-32-27)28(21-23-7-3-2-4-8-23)24-14-18-34(19-15-24)29(36)25-10-12-26(13-11-25)35-20-17-31-22-35/h2-13,16-17,20,22,24,28H,14-15,18-19,21H2,1H3. The number of likely N-dealkylation sites (tertiary alicyclic amines) is 1. The van der Waals surface area contributed by atoms with Crippen LogP contribution in [0.1, 0.15) is 39.3 Å². The molecule has 3 heterocycles. The van der Waals surface area contributed by atoms with Crippen molar-refractivity contribution in [3.8, 4) is 5.69 Å². The van der Waals surface area contributed by atoms with Crippen molar-refractivity contribution in [1.82, 2.24) is 24.3 Å². The Balaban J connectivity index is 1.27. The fourth-order valence-electron chi connectivity index (χ4n) is 5.15. The molecule has 2 aromatic heterocycles. The summed E-state index contributed by atoms with van der Waals surface area (Å²) < 4.78 is 1.91. The third-order valence-corrected chi connectivity index (χ3v) is 7.28. The molecule has 0 aliphatic carbocycles. The number of amides is 2. The van der Waals surface area contributed by atoms with Gasteiger partial charge in [-0.15, -0.1) is 0 Å². The predicted molar refractivity (Wildman–Crippen MR) is 142 cm³/mol. The lowest BCUT2D eigenvalue weighted by Gasteiger charge is -2.40. The number of hydrogen-bond acceptors (Lipinski definition) is 4. The molecule has 0 saturated carbocycles. The summed E-state index contributed by atoms with van der Waals surface area (Å²) >= 11 is 0. The van der Waals surface area contributed by atoms with Crippen molar-refractivity contribution < 1.29 is 9.59 Å². The van der Waals surface area contributed by atoms with Gasteiger partial charge in [-0.25, -0.2) is 4.98 Å². The number of carbonyl (C=O) groups excluding carboxylic acids is 2. The van der Waals surface area contributed by atoms with E-state index in [4.69, 9.17) is 0 Å². The Morgan fingerprint density at radius 3 is 2.32 bits per heavy atom. The highest BCUT2D eigenvalue weighted by molar-refractivity contribution is 5.94.